The molecule has 5 nitrogen and oxygen atoms in total. The van der Waals surface area contributed by atoms with Gasteiger partial charge in [0.1, 0.15) is 5.82 Å². The predicted octanol–water partition coefficient (Wildman–Crippen LogP) is 7.97. The highest BCUT2D eigenvalue weighted by Gasteiger charge is 2.39. The Morgan fingerprint density at radius 3 is 2.22 bits per heavy atom. The molecule has 0 fully saturated rings. The van der Waals surface area contributed by atoms with Crippen molar-refractivity contribution in [1.82, 2.24) is 19.5 Å². The number of benzene rings is 5. The first kappa shape index (κ1) is 26.1. The van der Waals surface area contributed by atoms with Crippen LogP contribution in [0.4, 0.5) is 0 Å². The van der Waals surface area contributed by atoms with Gasteiger partial charge in [0.15, 0.2) is 7.14 Å². The van der Waals surface area contributed by atoms with Crippen molar-refractivity contribution < 1.29 is 4.57 Å². The minimum absolute atomic E-state index is 0.779. The minimum atomic E-state index is -3.19. The van der Waals surface area contributed by atoms with E-state index in [1.807, 2.05) is 60.8 Å². The van der Waals surface area contributed by atoms with Crippen LogP contribution in [0.15, 0.2) is 134 Å². The number of rotatable bonds is 4. The Labute approximate surface area is 260 Å². The van der Waals surface area contributed by atoms with Gasteiger partial charge in [-0.25, -0.2) is 9.97 Å². The normalized spacial score (nSPS) is 15.5. The molecule has 0 saturated heterocycles. The summed E-state index contributed by atoms with van der Waals surface area (Å²) in [5.41, 5.74) is 8.61. The Kier molecular flexibility index (Phi) is 5.68. The van der Waals surface area contributed by atoms with Gasteiger partial charge >= 0.3 is 0 Å². The molecule has 1 atom stereocenters. The zero-order chi connectivity index (χ0) is 30.1. The highest BCUT2D eigenvalue weighted by molar-refractivity contribution is 7.86. The Morgan fingerprint density at radius 1 is 0.644 bits per heavy atom. The smallest absolute Gasteiger partial charge is 0.175 e. The average molecular weight is 599 g/mol. The van der Waals surface area contributed by atoms with Crippen molar-refractivity contribution in [2.75, 3.05) is 0 Å². The molecule has 0 saturated carbocycles. The van der Waals surface area contributed by atoms with Crippen LogP contribution < -0.4 is 15.9 Å². The monoisotopic (exact) mass is 598 g/mol. The van der Waals surface area contributed by atoms with Gasteiger partial charge in [0.05, 0.1) is 33.4 Å². The van der Waals surface area contributed by atoms with Crippen molar-refractivity contribution in [1.29, 1.82) is 0 Å². The third-order valence-corrected chi connectivity index (χ3v) is 12.1. The van der Waals surface area contributed by atoms with Gasteiger partial charge in [0.25, 0.3) is 0 Å². The maximum atomic E-state index is 15.5. The highest BCUT2D eigenvalue weighted by atomic mass is 31.2. The minimum Gasteiger partial charge on any atom is -0.308 e. The van der Waals surface area contributed by atoms with E-state index in [0.717, 1.165) is 89.1 Å². The van der Waals surface area contributed by atoms with E-state index in [0.29, 0.717) is 0 Å². The molecule has 0 spiro atoms. The number of nitrogens with zero attached hydrogens (tertiary/aromatic N) is 4. The van der Waals surface area contributed by atoms with Crippen LogP contribution in [0.1, 0.15) is 12.7 Å². The molecule has 3 aromatic heterocycles. The molecule has 4 heterocycles. The van der Waals surface area contributed by atoms with Crippen LogP contribution in [0.3, 0.4) is 0 Å². The van der Waals surface area contributed by atoms with Crippen LogP contribution in [-0.2, 0) is 11.0 Å². The molecule has 214 valence electrons. The standard InChI is InChI=1S/C39H27N4OP/c1-2-36-41-32-11-6-12-34-39(32)43(36)33-22-20-29(24-35(33)45(34,44)30-9-4-3-5-10-30)25-13-15-26(16-14-25)31-21-19-28-18-17-27-8-7-23-40-37(27)38(28)42-31/h3-24H,2H2,1H3. The molecule has 0 N–H and O–H groups in total. The maximum Gasteiger partial charge on any atom is 0.175 e. The molecule has 5 aromatic carbocycles. The molecule has 45 heavy (non-hydrogen) atoms. The first-order valence-electron chi connectivity index (χ1n) is 15.2. The molecule has 0 bridgehead atoms. The summed E-state index contributed by atoms with van der Waals surface area (Å²) in [6, 6.07) is 43.2. The second kappa shape index (κ2) is 9.82. The first-order valence-corrected chi connectivity index (χ1v) is 16.9. The fourth-order valence-corrected chi connectivity index (χ4v) is 9.85. The lowest BCUT2D eigenvalue weighted by molar-refractivity contribution is 0.592. The van der Waals surface area contributed by atoms with E-state index in [9.17, 15) is 0 Å². The van der Waals surface area contributed by atoms with E-state index < -0.39 is 7.14 Å². The summed E-state index contributed by atoms with van der Waals surface area (Å²) in [6.45, 7) is 2.12. The quantitative estimate of drug-likeness (QED) is 0.152. The molecule has 1 aliphatic heterocycles. The topological polar surface area (TPSA) is 60.7 Å². The number of hydrogen-bond acceptors (Lipinski definition) is 4. The van der Waals surface area contributed by atoms with Gasteiger partial charge in [-0.3, -0.25) is 9.55 Å². The zero-order valence-corrected chi connectivity index (χ0v) is 25.4. The van der Waals surface area contributed by atoms with Crippen LogP contribution in [0.2, 0.25) is 0 Å². The summed E-state index contributed by atoms with van der Waals surface area (Å²) < 4.78 is 17.8. The van der Waals surface area contributed by atoms with Crippen molar-refractivity contribution >= 4 is 55.9 Å². The molecule has 0 amide bonds. The predicted molar refractivity (Wildman–Crippen MR) is 185 cm³/mol. The number of aromatic nitrogens is 4. The number of hydrogen-bond donors (Lipinski definition) is 0. The van der Waals surface area contributed by atoms with Gasteiger partial charge in [0.2, 0.25) is 0 Å². The van der Waals surface area contributed by atoms with Crippen molar-refractivity contribution in [2.45, 2.75) is 13.3 Å². The zero-order valence-electron chi connectivity index (χ0n) is 24.6. The van der Waals surface area contributed by atoms with E-state index in [-0.39, 0.29) is 0 Å². The largest absolute Gasteiger partial charge is 0.308 e. The van der Waals surface area contributed by atoms with Crippen LogP contribution >= 0.6 is 7.14 Å². The number of pyridine rings is 2. The number of imidazole rings is 1. The summed E-state index contributed by atoms with van der Waals surface area (Å²) in [5, 5.41) is 4.68. The fourth-order valence-electron chi connectivity index (χ4n) is 6.82. The molecule has 8 aromatic rings. The van der Waals surface area contributed by atoms with Crippen molar-refractivity contribution in [2.24, 2.45) is 0 Å². The Balaban J connectivity index is 1.19. The fraction of sp³-hybridized carbons (Fsp3) is 0.0513. The Hall–Kier alpha value is -5.38. The van der Waals surface area contributed by atoms with E-state index in [2.05, 4.69) is 89.3 Å². The molecule has 9 rings (SSSR count). The van der Waals surface area contributed by atoms with Gasteiger partial charge < -0.3 is 4.57 Å². The summed E-state index contributed by atoms with van der Waals surface area (Å²) in [6.07, 6.45) is 2.60. The van der Waals surface area contributed by atoms with Gasteiger partial charge in [-0.05, 0) is 47.5 Å². The Morgan fingerprint density at radius 2 is 1.40 bits per heavy atom. The molecular weight excluding hydrogens is 571 g/mol. The van der Waals surface area contributed by atoms with Gasteiger partial charge in [-0.15, -0.1) is 0 Å². The lowest BCUT2D eigenvalue weighted by Gasteiger charge is -2.29. The number of para-hydroxylation sites is 1. The number of aryl methyl sites for hydroxylation is 1. The van der Waals surface area contributed by atoms with Crippen molar-refractivity contribution in [3.8, 4) is 28.1 Å². The lowest BCUT2D eigenvalue weighted by atomic mass is 10.0. The van der Waals surface area contributed by atoms with E-state index >= 15 is 4.57 Å². The van der Waals surface area contributed by atoms with Gasteiger partial charge in [0, 0.05) is 44.9 Å². The average Bonchev–Trinajstić information content (AvgIpc) is 3.50. The molecule has 6 heteroatoms. The van der Waals surface area contributed by atoms with Crippen LogP contribution in [0, 0.1) is 0 Å². The second-order valence-corrected chi connectivity index (χ2v) is 14.2. The SMILES string of the molecule is CCc1nc2cccc3c2n1-c1ccc(-c2ccc(-c4ccc5ccc6cccnc6c5n4)cc2)cc1P3(=O)c1ccccc1. The van der Waals surface area contributed by atoms with Crippen LogP contribution in [0.5, 0.6) is 0 Å². The first-order chi connectivity index (χ1) is 22.1. The third kappa shape index (κ3) is 3.81. The van der Waals surface area contributed by atoms with Crippen molar-refractivity contribution in [3.63, 3.8) is 0 Å². The third-order valence-electron chi connectivity index (χ3n) is 9.00. The van der Waals surface area contributed by atoms with E-state index in [1.165, 1.54) is 0 Å². The summed E-state index contributed by atoms with van der Waals surface area (Å²) in [5.74, 6) is 0.973. The molecular formula is C39H27N4OP. The van der Waals surface area contributed by atoms with E-state index in [1.54, 1.807) is 0 Å². The number of fused-ring (bicyclic) bond motifs is 5. The van der Waals surface area contributed by atoms with Gasteiger partial charge in [-0.2, -0.15) is 0 Å². The van der Waals surface area contributed by atoms with E-state index in [4.69, 9.17) is 9.97 Å². The van der Waals surface area contributed by atoms with Crippen LogP contribution in [-0.4, -0.2) is 19.5 Å². The molecule has 0 aliphatic carbocycles. The highest BCUT2D eigenvalue weighted by Crippen LogP contribution is 2.50. The lowest BCUT2D eigenvalue weighted by Crippen LogP contribution is -2.33. The molecule has 1 unspecified atom stereocenters. The molecule has 1 aliphatic rings. The maximum absolute atomic E-state index is 15.5. The van der Waals surface area contributed by atoms with Gasteiger partial charge in [-0.1, -0.05) is 97.9 Å². The molecule has 0 radical (unpaired) electrons. The second-order valence-electron chi connectivity index (χ2n) is 11.5. The summed E-state index contributed by atoms with van der Waals surface area (Å²) >= 11 is 0. The van der Waals surface area contributed by atoms with Crippen LogP contribution in [0.25, 0.3) is 60.9 Å². The Bertz CT molecular complexity index is 2500. The summed E-state index contributed by atoms with van der Waals surface area (Å²) in [4.78, 5) is 14.6. The van der Waals surface area contributed by atoms with Crippen molar-refractivity contribution in [3.05, 3.63) is 139 Å². The summed E-state index contributed by atoms with van der Waals surface area (Å²) in [7, 11) is -3.19.